The molecule has 0 saturated heterocycles. The van der Waals surface area contributed by atoms with E-state index in [1.165, 1.54) is 0 Å². The number of hydrogen-bond acceptors (Lipinski definition) is 2. The van der Waals surface area contributed by atoms with Crippen molar-refractivity contribution in [1.29, 1.82) is 0 Å². The van der Waals surface area contributed by atoms with Gasteiger partial charge in [-0.2, -0.15) is 0 Å². The van der Waals surface area contributed by atoms with Crippen LogP contribution in [0, 0.1) is 0 Å². The molecule has 0 atom stereocenters. The van der Waals surface area contributed by atoms with Crippen molar-refractivity contribution in [3.63, 3.8) is 0 Å². The van der Waals surface area contributed by atoms with Gasteiger partial charge in [0, 0.05) is 16.4 Å². The van der Waals surface area contributed by atoms with E-state index in [1.807, 2.05) is 54.6 Å². The molecular formula is C17H13BrN2O. The number of fused-ring (bicyclic) bond motifs is 1. The first kappa shape index (κ1) is 13.8. The van der Waals surface area contributed by atoms with Crippen LogP contribution in [0.1, 0.15) is 16.1 Å². The third kappa shape index (κ3) is 2.95. The average molecular weight is 341 g/mol. The minimum absolute atomic E-state index is 0.200. The number of benzene rings is 2. The fourth-order valence-corrected chi connectivity index (χ4v) is 2.63. The van der Waals surface area contributed by atoms with Gasteiger partial charge in [0.2, 0.25) is 0 Å². The Bertz CT molecular complexity index is 801. The van der Waals surface area contributed by atoms with E-state index in [4.69, 9.17) is 0 Å². The van der Waals surface area contributed by atoms with E-state index < -0.39 is 0 Å². The Morgan fingerprint density at radius 3 is 2.62 bits per heavy atom. The lowest BCUT2D eigenvalue weighted by atomic mass is 10.2. The highest BCUT2D eigenvalue weighted by Crippen LogP contribution is 2.19. The molecule has 1 amide bonds. The number of pyridine rings is 1. The Balaban J connectivity index is 1.90. The third-order valence-corrected chi connectivity index (χ3v) is 3.84. The van der Waals surface area contributed by atoms with Crippen LogP contribution in [0.15, 0.2) is 60.7 Å². The summed E-state index contributed by atoms with van der Waals surface area (Å²) >= 11 is 3.42. The molecule has 3 nitrogen and oxygen atoms in total. The number of rotatable bonds is 3. The first-order chi connectivity index (χ1) is 10.3. The molecule has 0 aliphatic carbocycles. The molecule has 0 saturated carbocycles. The lowest BCUT2D eigenvalue weighted by molar-refractivity contribution is 0.102. The van der Waals surface area contributed by atoms with Gasteiger partial charge >= 0.3 is 0 Å². The fraction of sp³-hybridized carbons (Fsp3) is 0.0588. The van der Waals surface area contributed by atoms with Gasteiger partial charge in [-0.1, -0.05) is 58.4 Å². The summed E-state index contributed by atoms with van der Waals surface area (Å²) in [7, 11) is 0. The molecule has 3 rings (SSSR count). The summed E-state index contributed by atoms with van der Waals surface area (Å²) in [6.07, 6.45) is 0. The number of hydrogen-bond donors (Lipinski definition) is 1. The minimum Gasteiger partial charge on any atom is -0.320 e. The van der Waals surface area contributed by atoms with Crippen LogP contribution in [-0.2, 0) is 5.33 Å². The van der Waals surface area contributed by atoms with Gasteiger partial charge in [0.25, 0.3) is 5.91 Å². The Morgan fingerprint density at radius 1 is 1.00 bits per heavy atom. The Labute approximate surface area is 131 Å². The first-order valence-electron chi connectivity index (χ1n) is 6.59. The normalized spacial score (nSPS) is 10.5. The maximum Gasteiger partial charge on any atom is 0.274 e. The molecule has 1 N–H and O–H groups in total. The van der Waals surface area contributed by atoms with E-state index in [2.05, 4.69) is 26.2 Å². The van der Waals surface area contributed by atoms with E-state index in [-0.39, 0.29) is 5.91 Å². The van der Waals surface area contributed by atoms with Crippen LogP contribution >= 0.6 is 15.9 Å². The maximum atomic E-state index is 12.3. The van der Waals surface area contributed by atoms with Crippen LogP contribution in [0.5, 0.6) is 0 Å². The molecular weight excluding hydrogens is 328 g/mol. The van der Waals surface area contributed by atoms with Crippen molar-refractivity contribution < 1.29 is 4.79 Å². The molecule has 4 heteroatoms. The molecule has 2 aromatic carbocycles. The molecule has 0 aliphatic rings. The number of carbonyl (C=O) groups is 1. The van der Waals surface area contributed by atoms with Crippen LogP contribution < -0.4 is 5.32 Å². The van der Waals surface area contributed by atoms with Crippen LogP contribution in [-0.4, -0.2) is 10.9 Å². The van der Waals surface area contributed by atoms with Gasteiger partial charge in [-0.3, -0.25) is 4.79 Å². The van der Waals surface area contributed by atoms with Crippen LogP contribution in [0.2, 0.25) is 0 Å². The van der Waals surface area contributed by atoms with Gasteiger partial charge in [0.1, 0.15) is 5.69 Å². The highest BCUT2D eigenvalue weighted by atomic mass is 79.9. The van der Waals surface area contributed by atoms with Gasteiger partial charge in [0.15, 0.2) is 0 Å². The zero-order valence-electron chi connectivity index (χ0n) is 11.2. The summed E-state index contributed by atoms with van der Waals surface area (Å²) in [4.78, 5) is 16.7. The number of anilines is 1. The predicted molar refractivity (Wildman–Crippen MR) is 88.8 cm³/mol. The largest absolute Gasteiger partial charge is 0.320 e. The van der Waals surface area contributed by atoms with Crippen molar-refractivity contribution in [3.8, 4) is 0 Å². The van der Waals surface area contributed by atoms with E-state index >= 15 is 0 Å². The molecule has 0 spiro atoms. The number of carbonyl (C=O) groups excluding carboxylic acids is 1. The highest BCUT2D eigenvalue weighted by molar-refractivity contribution is 9.08. The molecule has 21 heavy (non-hydrogen) atoms. The zero-order chi connectivity index (χ0) is 14.7. The SMILES string of the molecule is O=C(Nc1ccccc1CBr)c1ccc2ccccc2n1. The number of amides is 1. The van der Waals surface area contributed by atoms with Crippen LogP contribution in [0.25, 0.3) is 10.9 Å². The van der Waals surface area contributed by atoms with E-state index in [0.29, 0.717) is 11.0 Å². The number of alkyl halides is 1. The van der Waals surface area contributed by atoms with Crippen molar-refractivity contribution >= 4 is 38.4 Å². The Hall–Kier alpha value is -2.20. The Morgan fingerprint density at radius 2 is 1.76 bits per heavy atom. The minimum atomic E-state index is -0.200. The van der Waals surface area contributed by atoms with Crippen LogP contribution in [0.3, 0.4) is 0 Å². The summed E-state index contributed by atoms with van der Waals surface area (Å²) in [5, 5.41) is 4.62. The van der Waals surface area contributed by atoms with E-state index in [1.54, 1.807) is 6.07 Å². The van der Waals surface area contributed by atoms with Crippen molar-refractivity contribution in [2.24, 2.45) is 0 Å². The standard InChI is InChI=1S/C17H13BrN2O/c18-11-13-6-2-4-8-15(13)20-17(21)16-10-9-12-5-1-3-7-14(12)19-16/h1-10H,11H2,(H,20,21). The van der Waals surface area contributed by atoms with E-state index in [0.717, 1.165) is 22.2 Å². The van der Waals surface area contributed by atoms with Crippen molar-refractivity contribution in [2.75, 3.05) is 5.32 Å². The van der Waals surface area contributed by atoms with Crippen molar-refractivity contribution in [3.05, 3.63) is 71.9 Å². The number of nitrogens with zero attached hydrogens (tertiary/aromatic N) is 1. The molecule has 104 valence electrons. The van der Waals surface area contributed by atoms with Gasteiger partial charge in [-0.15, -0.1) is 0 Å². The predicted octanol–water partition coefficient (Wildman–Crippen LogP) is 4.38. The second-order valence-corrected chi connectivity index (χ2v) is 5.19. The average Bonchev–Trinajstić information content (AvgIpc) is 2.55. The molecule has 3 aromatic rings. The molecule has 0 bridgehead atoms. The van der Waals surface area contributed by atoms with Crippen molar-refractivity contribution in [2.45, 2.75) is 5.33 Å². The monoisotopic (exact) mass is 340 g/mol. The second kappa shape index (κ2) is 6.06. The topological polar surface area (TPSA) is 42.0 Å². The summed E-state index contributed by atoms with van der Waals surface area (Å²) < 4.78 is 0. The van der Waals surface area contributed by atoms with E-state index in [9.17, 15) is 4.79 Å². The lowest BCUT2D eigenvalue weighted by Crippen LogP contribution is -2.14. The van der Waals surface area contributed by atoms with Gasteiger partial charge < -0.3 is 5.32 Å². The summed E-state index contributed by atoms with van der Waals surface area (Å²) in [5.74, 6) is -0.200. The molecule has 1 heterocycles. The van der Waals surface area contributed by atoms with Crippen LogP contribution in [0.4, 0.5) is 5.69 Å². The Kier molecular flexibility index (Phi) is 3.97. The summed E-state index contributed by atoms with van der Waals surface area (Å²) in [5.41, 5.74) is 3.07. The number of aromatic nitrogens is 1. The molecule has 1 aromatic heterocycles. The molecule has 0 aliphatic heterocycles. The first-order valence-corrected chi connectivity index (χ1v) is 7.71. The quantitative estimate of drug-likeness (QED) is 0.718. The third-order valence-electron chi connectivity index (χ3n) is 3.24. The lowest BCUT2D eigenvalue weighted by Gasteiger charge is -2.09. The van der Waals surface area contributed by atoms with Gasteiger partial charge in [-0.25, -0.2) is 4.98 Å². The maximum absolute atomic E-state index is 12.3. The molecule has 0 unspecified atom stereocenters. The van der Waals surface area contributed by atoms with Crippen molar-refractivity contribution in [1.82, 2.24) is 4.98 Å². The molecule has 0 radical (unpaired) electrons. The summed E-state index contributed by atoms with van der Waals surface area (Å²) in [6.45, 7) is 0. The smallest absolute Gasteiger partial charge is 0.274 e. The highest BCUT2D eigenvalue weighted by Gasteiger charge is 2.10. The number of nitrogens with one attached hydrogen (secondary N) is 1. The van der Waals surface area contributed by atoms with Gasteiger partial charge in [0.05, 0.1) is 5.52 Å². The summed E-state index contributed by atoms with van der Waals surface area (Å²) in [6, 6.07) is 19.1. The number of para-hydroxylation sites is 2. The zero-order valence-corrected chi connectivity index (χ0v) is 12.8. The van der Waals surface area contributed by atoms with Gasteiger partial charge in [-0.05, 0) is 23.8 Å². The number of halogens is 1. The molecule has 0 fully saturated rings. The fourth-order valence-electron chi connectivity index (χ4n) is 2.14. The second-order valence-electron chi connectivity index (χ2n) is 4.63.